The number of imidazole rings is 1. The monoisotopic (exact) mass is 447 g/mol. The highest BCUT2D eigenvalue weighted by molar-refractivity contribution is 5.85. The van der Waals surface area contributed by atoms with Gasteiger partial charge in [0.05, 0.1) is 19.6 Å². The van der Waals surface area contributed by atoms with E-state index < -0.39 is 5.82 Å². The molecule has 0 amide bonds. The van der Waals surface area contributed by atoms with Gasteiger partial charge >= 0.3 is 0 Å². The first kappa shape index (κ1) is 21.1. The Morgan fingerprint density at radius 2 is 2.12 bits per heavy atom. The van der Waals surface area contributed by atoms with Crippen molar-refractivity contribution in [3.63, 3.8) is 0 Å². The minimum Gasteiger partial charge on any atom is -0.497 e. The maximum absolute atomic E-state index is 13.8. The van der Waals surface area contributed by atoms with Gasteiger partial charge in [-0.3, -0.25) is 4.98 Å². The zero-order valence-electron chi connectivity index (χ0n) is 18.8. The molecule has 1 atom stereocenters. The average Bonchev–Trinajstić information content (AvgIpc) is 3.43. The number of methoxy groups -OCH3 is 1. The number of ether oxygens (including phenoxy) is 1. The summed E-state index contributed by atoms with van der Waals surface area (Å²) in [7, 11) is 1.68. The third-order valence-corrected chi connectivity index (χ3v) is 5.97. The maximum atomic E-state index is 13.8. The summed E-state index contributed by atoms with van der Waals surface area (Å²) in [5, 5.41) is 6.91. The highest BCUT2D eigenvalue weighted by Crippen LogP contribution is 2.36. The Kier molecular flexibility index (Phi) is 5.53. The number of aromatic nitrogens is 5. The first-order chi connectivity index (χ1) is 16.0. The number of pyridine rings is 1. The quantitative estimate of drug-likeness (QED) is 0.427. The van der Waals surface area contributed by atoms with Gasteiger partial charge in [-0.1, -0.05) is 6.07 Å². The minimum atomic E-state index is -0.424. The van der Waals surface area contributed by atoms with Crippen LogP contribution in [0.1, 0.15) is 37.8 Å². The van der Waals surface area contributed by atoms with Crippen molar-refractivity contribution in [2.45, 2.75) is 32.2 Å². The summed E-state index contributed by atoms with van der Waals surface area (Å²) >= 11 is 0. The smallest absolute Gasteiger partial charge is 0.166 e. The normalized spacial score (nSPS) is 15.0. The summed E-state index contributed by atoms with van der Waals surface area (Å²) in [6.07, 6.45) is 5.43. The van der Waals surface area contributed by atoms with Gasteiger partial charge in [0.15, 0.2) is 17.3 Å². The van der Waals surface area contributed by atoms with Gasteiger partial charge in [-0.25, -0.2) is 19.3 Å². The van der Waals surface area contributed by atoms with Crippen LogP contribution < -0.4 is 15.4 Å². The average molecular weight is 448 g/mol. The van der Waals surface area contributed by atoms with Gasteiger partial charge in [0, 0.05) is 48.6 Å². The fourth-order valence-electron chi connectivity index (χ4n) is 4.22. The zero-order chi connectivity index (χ0) is 22.9. The Balaban J connectivity index is 1.41. The Morgan fingerprint density at radius 3 is 2.91 bits per heavy atom. The number of hydrogen-bond donors (Lipinski definition) is 2. The van der Waals surface area contributed by atoms with E-state index in [1.165, 1.54) is 17.8 Å². The van der Waals surface area contributed by atoms with Crippen molar-refractivity contribution < 1.29 is 9.13 Å². The Bertz CT molecular complexity index is 1300. The summed E-state index contributed by atoms with van der Waals surface area (Å²) in [5.41, 5.74) is 4.36. The van der Waals surface area contributed by atoms with Crippen molar-refractivity contribution in [1.29, 1.82) is 0 Å². The molecule has 1 unspecified atom stereocenters. The van der Waals surface area contributed by atoms with Crippen LogP contribution in [0.5, 0.6) is 5.75 Å². The predicted molar refractivity (Wildman–Crippen MR) is 126 cm³/mol. The summed E-state index contributed by atoms with van der Waals surface area (Å²) in [4.78, 5) is 17.9. The second kappa shape index (κ2) is 8.65. The van der Waals surface area contributed by atoms with Crippen molar-refractivity contribution in [2.24, 2.45) is 0 Å². The number of anilines is 2. The largest absolute Gasteiger partial charge is 0.497 e. The van der Waals surface area contributed by atoms with Crippen LogP contribution in [0, 0.1) is 5.82 Å². The molecule has 8 nitrogen and oxygen atoms in total. The molecular weight excluding hydrogens is 421 g/mol. The lowest BCUT2D eigenvalue weighted by molar-refractivity contribution is 0.415. The molecule has 3 aromatic heterocycles. The number of hydrogen-bond acceptors (Lipinski definition) is 7. The third-order valence-electron chi connectivity index (χ3n) is 5.97. The number of rotatable bonds is 7. The van der Waals surface area contributed by atoms with Gasteiger partial charge in [0.25, 0.3) is 0 Å². The molecule has 0 radical (unpaired) electrons. The van der Waals surface area contributed by atoms with E-state index in [1.807, 2.05) is 16.7 Å². The fourth-order valence-corrected chi connectivity index (χ4v) is 4.22. The van der Waals surface area contributed by atoms with E-state index in [0.29, 0.717) is 40.8 Å². The molecule has 4 heterocycles. The molecule has 5 rings (SSSR count). The Hall–Kier alpha value is -3.75. The van der Waals surface area contributed by atoms with Gasteiger partial charge < -0.3 is 19.9 Å². The topological polar surface area (TPSA) is 89.8 Å². The summed E-state index contributed by atoms with van der Waals surface area (Å²) in [6, 6.07) is 7.73. The van der Waals surface area contributed by atoms with Gasteiger partial charge in [-0.05, 0) is 38.0 Å². The maximum Gasteiger partial charge on any atom is 0.166 e. The molecule has 0 spiro atoms. The van der Waals surface area contributed by atoms with Crippen LogP contribution in [-0.2, 0) is 0 Å². The molecule has 1 aliphatic heterocycles. The molecule has 170 valence electrons. The molecule has 33 heavy (non-hydrogen) atoms. The lowest BCUT2D eigenvalue weighted by Gasteiger charge is -2.13. The van der Waals surface area contributed by atoms with Crippen LogP contribution in [0.4, 0.5) is 15.9 Å². The van der Waals surface area contributed by atoms with Gasteiger partial charge in [-0.15, -0.1) is 0 Å². The SMILES string of the molecule is COc1ccc2c(c1)NCC2CCNc1nc(-c2cncc(F)c2)nc2c1ncn2C(C)C. The van der Waals surface area contributed by atoms with E-state index in [2.05, 4.69) is 50.5 Å². The van der Waals surface area contributed by atoms with Crippen molar-refractivity contribution >= 4 is 22.7 Å². The molecule has 9 heteroatoms. The molecule has 0 saturated heterocycles. The van der Waals surface area contributed by atoms with Crippen LogP contribution in [0.15, 0.2) is 43.0 Å². The Labute approximate surface area is 191 Å². The summed E-state index contributed by atoms with van der Waals surface area (Å²) in [5.74, 6) is 1.87. The molecule has 0 bridgehead atoms. The summed E-state index contributed by atoms with van der Waals surface area (Å²) < 4.78 is 21.1. The van der Waals surface area contributed by atoms with Crippen molar-refractivity contribution in [3.05, 3.63) is 54.4 Å². The molecule has 4 aromatic rings. The van der Waals surface area contributed by atoms with E-state index in [9.17, 15) is 4.39 Å². The van der Waals surface area contributed by atoms with Crippen LogP contribution >= 0.6 is 0 Å². The van der Waals surface area contributed by atoms with E-state index in [1.54, 1.807) is 19.6 Å². The molecule has 0 fully saturated rings. The lowest BCUT2D eigenvalue weighted by atomic mass is 9.98. The lowest BCUT2D eigenvalue weighted by Crippen LogP contribution is -2.12. The number of nitrogens with zero attached hydrogens (tertiary/aromatic N) is 5. The van der Waals surface area contributed by atoms with Crippen molar-refractivity contribution in [2.75, 3.05) is 30.8 Å². The molecule has 1 aliphatic rings. The fraction of sp³-hybridized carbons (Fsp3) is 0.333. The van der Waals surface area contributed by atoms with E-state index in [0.717, 1.165) is 24.4 Å². The van der Waals surface area contributed by atoms with E-state index in [4.69, 9.17) is 4.74 Å². The van der Waals surface area contributed by atoms with Crippen LogP contribution in [0.25, 0.3) is 22.6 Å². The van der Waals surface area contributed by atoms with Crippen LogP contribution in [0.2, 0.25) is 0 Å². The number of nitrogens with one attached hydrogen (secondary N) is 2. The van der Waals surface area contributed by atoms with E-state index >= 15 is 0 Å². The first-order valence-corrected chi connectivity index (χ1v) is 11.0. The van der Waals surface area contributed by atoms with Gasteiger partial charge in [0.2, 0.25) is 0 Å². The molecule has 0 saturated carbocycles. The van der Waals surface area contributed by atoms with E-state index in [-0.39, 0.29) is 6.04 Å². The molecule has 0 aliphatic carbocycles. The van der Waals surface area contributed by atoms with Gasteiger partial charge in [-0.2, -0.15) is 0 Å². The molecule has 2 N–H and O–H groups in total. The standard InChI is InChI=1S/C24H26FN7O/c1-14(2)32-13-29-21-23(30-22(31-24(21)32)16-8-17(25)12-26-10-16)27-7-6-15-11-28-20-9-18(33-3)4-5-19(15)20/h4-5,8-10,12-15,28H,6-7,11H2,1-3H3,(H,27,30,31). The summed E-state index contributed by atoms with van der Waals surface area (Å²) in [6.45, 7) is 5.73. The first-order valence-electron chi connectivity index (χ1n) is 11.0. The Morgan fingerprint density at radius 1 is 1.24 bits per heavy atom. The number of benzene rings is 1. The van der Waals surface area contributed by atoms with Crippen LogP contribution in [0.3, 0.4) is 0 Å². The highest BCUT2D eigenvalue weighted by Gasteiger charge is 2.23. The van der Waals surface area contributed by atoms with Crippen LogP contribution in [-0.4, -0.2) is 44.7 Å². The highest BCUT2D eigenvalue weighted by atomic mass is 19.1. The number of fused-ring (bicyclic) bond motifs is 2. The zero-order valence-corrected chi connectivity index (χ0v) is 18.8. The second-order valence-electron chi connectivity index (χ2n) is 8.45. The van der Waals surface area contributed by atoms with Gasteiger partial charge in [0.1, 0.15) is 17.1 Å². The predicted octanol–water partition coefficient (Wildman–Crippen LogP) is 4.63. The minimum absolute atomic E-state index is 0.175. The van der Waals surface area contributed by atoms with Crippen molar-refractivity contribution in [3.8, 4) is 17.1 Å². The number of halogens is 1. The van der Waals surface area contributed by atoms with Crippen molar-refractivity contribution in [1.82, 2.24) is 24.5 Å². The third kappa shape index (κ3) is 4.06. The second-order valence-corrected chi connectivity index (χ2v) is 8.45. The molecular formula is C24H26FN7O. The molecule has 1 aromatic carbocycles.